The monoisotopic (exact) mass is 332 g/mol. The molecule has 0 heterocycles. The molecule has 3 rings (SSSR count). The molecule has 0 aliphatic heterocycles. The number of fused-ring (bicyclic) bond motifs is 1. The van der Waals surface area contributed by atoms with Crippen molar-refractivity contribution in [2.24, 2.45) is 0 Å². The third kappa shape index (κ3) is 3.38. The van der Waals surface area contributed by atoms with E-state index in [4.69, 9.17) is 0 Å². The van der Waals surface area contributed by atoms with E-state index in [2.05, 4.69) is 10.6 Å². The van der Waals surface area contributed by atoms with E-state index in [1.807, 2.05) is 24.3 Å². The van der Waals surface area contributed by atoms with Gasteiger partial charge in [0.25, 0.3) is 0 Å². The molecule has 0 spiro atoms. The smallest absolute Gasteiger partial charge is 0.315 e. The van der Waals surface area contributed by atoms with Crippen molar-refractivity contribution in [3.05, 3.63) is 70.8 Å². The van der Waals surface area contributed by atoms with E-state index in [-0.39, 0.29) is 18.5 Å². The van der Waals surface area contributed by atoms with Gasteiger partial charge in [-0.05, 0) is 29.7 Å². The highest BCUT2D eigenvalue weighted by Gasteiger charge is 2.31. The third-order valence-electron chi connectivity index (χ3n) is 4.21. The standard InChI is InChI=1S/C18H18F2N2O2/c19-14-6-3-7-15(20)13(14)8-9-21-18(24)22-17-12-5-2-1-4-11(12)10-16(17)23/h1-7,16-17,23H,8-10H2,(H2,21,22,24). The Morgan fingerprint density at radius 3 is 2.58 bits per heavy atom. The lowest BCUT2D eigenvalue weighted by atomic mass is 10.1. The molecule has 3 N–H and O–H groups in total. The van der Waals surface area contributed by atoms with Crippen molar-refractivity contribution >= 4 is 6.03 Å². The Labute approximate surface area is 138 Å². The van der Waals surface area contributed by atoms with Crippen molar-refractivity contribution in [3.63, 3.8) is 0 Å². The number of hydrogen-bond donors (Lipinski definition) is 3. The molecule has 1 aliphatic rings. The number of carbonyl (C=O) groups is 1. The van der Waals surface area contributed by atoms with Crippen LogP contribution < -0.4 is 10.6 Å². The molecule has 126 valence electrons. The Morgan fingerprint density at radius 1 is 1.12 bits per heavy atom. The largest absolute Gasteiger partial charge is 0.390 e. The average Bonchev–Trinajstić information content (AvgIpc) is 2.86. The van der Waals surface area contributed by atoms with Gasteiger partial charge in [-0.15, -0.1) is 0 Å². The summed E-state index contributed by atoms with van der Waals surface area (Å²) in [5.74, 6) is -1.25. The van der Waals surface area contributed by atoms with Crippen LogP contribution in [0.4, 0.5) is 13.6 Å². The van der Waals surface area contributed by atoms with E-state index in [0.717, 1.165) is 11.1 Å². The summed E-state index contributed by atoms with van der Waals surface area (Å²) in [4.78, 5) is 12.0. The van der Waals surface area contributed by atoms with E-state index in [0.29, 0.717) is 6.42 Å². The molecule has 4 nitrogen and oxygen atoms in total. The number of urea groups is 1. The molecule has 0 fully saturated rings. The first-order valence-electron chi connectivity index (χ1n) is 7.79. The second kappa shape index (κ2) is 6.97. The van der Waals surface area contributed by atoms with Gasteiger partial charge in [-0.25, -0.2) is 13.6 Å². The molecule has 24 heavy (non-hydrogen) atoms. The summed E-state index contributed by atoms with van der Waals surface area (Å²) in [6.45, 7) is 0.0914. The summed E-state index contributed by atoms with van der Waals surface area (Å²) in [5, 5.41) is 15.4. The quantitative estimate of drug-likeness (QED) is 0.805. The van der Waals surface area contributed by atoms with Crippen LogP contribution in [0.2, 0.25) is 0 Å². The lowest BCUT2D eigenvalue weighted by Gasteiger charge is -2.18. The number of rotatable bonds is 4. The Bertz CT molecular complexity index is 731. The summed E-state index contributed by atoms with van der Waals surface area (Å²) in [7, 11) is 0. The van der Waals surface area contributed by atoms with Gasteiger partial charge in [0.1, 0.15) is 11.6 Å². The third-order valence-corrected chi connectivity index (χ3v) is 4.21. The van der Waals surface area contributed by atoms with Crippen LogP contribution in [0.3, 0.4) is 0 Å². The Morgan fingerprint density at radius 2 is 1.83 bits per heavy atom. The number of carbonyl (C=O) groups excluding carboxylic acids is 1. The zero-order chi connectivity index (χ0) is 17.1. The molecule has 2 aromatic rings. The molecule has 1 aliphatic carbocycles. The van der Waals surface area contributed by atoms with Crippen LogP contribution in [-0.4, -0.2) is 23.8 Å². The van der Waals surface area contributed by atoms with Crippen molar-refractivity contribution in [2.75, 3.05) is 6.54 Å². The van der Waals surface area contributed by atoms with Crippen molar-refractivity contribution in [2.45, 2.75) is 25.0 Å². The van der Waals surface area contributed by atoms with Gasteiger partial charge >= 0.3 is 6.03 Å². The van der Waals surface area contributed by atoms with Gasteiger partial charge < -0.3 is 15.7 Å². The van der Waals surface area contributed by atoms with Gasteiger partial charge in [0.2, 0.25) is 0 Å². The highest BCUT2D eigenvalue weighted by atomic mass is 19.1. The van der Waals surface area contributed by atoms with Crippen LogP contribution in [0.25, 0.3) is 0 Å². The highest BCUT2D eigenvalue weighted by molar-refractivity contribution is 5.74. The number of amides is 2. The minimum Gasteiger partial charge on any atom is -0.390 e. The summed E-state index contributed by atoms with van der Waals surface area (Å²) in [6.07, 6.45) is -0.144. The number of nitrogens with one attached hydrogen (secondary N) is 2. The normalized spacial score (nSPS) is 19.0. The van der Waals surface area contributed by atoms with Crippen LogP contribution >= 0.6 is 0 Å². The summed E-state index contributed by atoms with van der Waals surface area (Å²) < 4.78 is 27.0. The molecule has 6 heteroatoms. The van der Waals surface area contributed by atoms with Gasteiger partial charge in [-0.1, -0.05) is 30.3 Å². The summed E-state index contributed by atoms with van der Waals surface area (Å²) in [6, 6.07) is 10.2. The first kappa shape index (κ1) is 16.4. The number of aliphatic hydroxyl groups is 1. The van der Waals surface area contributed by atoms with Gasteiger partial charge in [-0.3, -0.25) is 0 Å². The van der Waals surface area contributed by atoms with E-state index < -0.39 is 29.8 Å². The lowest BCUT2D eigenvalue weighted by Crippen LogP contribution is -2.41. The Kier molecular flexibility index (Phi) is 4.76. The number of benzene rings is 2. The first-order valence-corrected chi connectivity index (χ1v) is 7.79. The fourth-order valence-corrected chi connectivity index (χ4v) is 3.01. The molecule has 0 saturated heterocycles. The van der Waals surface area contributed by atoms with Crippen molar-refractivity contribution in [1.82, 2.24) is 10.6 Å². The zero-order valence-electron chi connectivity index (χ0n) is 12.9. The molecule has 0 saturated carbocycles. The topological polar surface area (TPSA) is 61.4 Å². The van der Waals surface area contributed by atoms with Gasteiger partial charge in [0, 0.05) is 18.5 Å². The predicted octanol–water partition coefficient (Wildman–Crippen LogP) is 2.46. The molecule has 2 unspecified atom stereocenters. The minimum absolute atomic E-state index is 0.0513. The first-order chi connectivity index (χ1) is 11.6. The molecule has 2 aromatic carbocycles. The fraction of sp³-hybridized carbons (Fsp3) is 0.278. The molecular weight excluding hydrogens is 314 g/mol. The average molecular weight is 332 g/mol. The van der Waals surface area contributed by atoms with E-state index in [1.165, 1.54) is 18.2 Å². The Hall–Kier alpha value is -2.47. The zero-order valence-corrected chi connectivity index (χ0v) is 12.9. The fourth-order valence-electron chi connectivity index (χ4n) is 3.01. The maximum atomic E-state index is 13.5. The van der Waals surface area contributed by atoms with Crippen LogP contribution in [0.5, 0.6) is 0 Å². The van der Waals surface area contributed by atoms with Crippen molar-refractivity contribution in [3.8, 4) is 0 Å². The Balaban J connectivity index is 1.55. The van der Waals surface area contributed by atoms with Gasteiger partial charge in [0.15, 0.2) is 0 Å². The SMILES string of the molecule is O=C(NCCc1c(F)cccc1F)NC1c2ccccc2CC1O. The van der Waals surface area contributed by atoms with Gasteiger partial charge in [-0.2, -0.15) is 0 Å². The lowest BCUT2D eigenvalue weighted by molar-refractivity contribution is 0.142. The maximum Gasteiger partial charge on any atom is 0.315 e. The van der Waals surface area contributed by atoms with E-state index in [9.17, 15) is 18.7 Å². The summed E-state index contributed by atoms with van der Waals surface area (Å²) in [5.41, 5.74) is 1.84. The van der Waals surface area contributed by atoms with Crippen LogP contribution in [0, 0.1) is 11.6 Å². The predicted molar refractivity (Wildman–Crippen MR) is 85.5 cm³/mol. The van der Waals surface area contributed by atoms with Crippen LogP contribution in [-0.2, 0) is 12.8 Å². The number of halogens is 2. The molecule has 0 radical (unpaired) electrons. The second-order valence-electron chi connectivity index (χ2n) is 5.80. The molecule has 2 atom stereocenters. The van der Waals surface area contributed by atoms with E-state index >= 15 is 0 Å². The van der Waals surface area contributed by atoms with Crippen molar-refractivity contribution in [1.29, 1.82) is 0 Å². The van der Waals surface area contributed by atoms with Crippen molar-refractivity contribution < 1.29 is 18.7 Å². The summed E-state index contributed by atoms with van der Waals surface area (Å²) >= 11 is 0. The second-order valence-corrected chi connectivity index (χ2v) is 5.80. The molecule has 0 bridgehead atoms. The molecule has 0 aromatic heterocycles. The van der Waals surface area contributed by atoms with E-state index in [1.54, 1.807) is 0 Å². The molecule has 2 amide bonds. The number of aliphatic hydroxyl groups excluding tert-OH is 1. The maximum absolute atomic E-state index is 13.5. The highest BCUT2D eigenvalue weighted by Crippen LogP contribution is 2.30. The van der Waals surface area contributed by atoms with Gasteiger partial charge in [0.05, 0.1) is 12.1 Å². The minimum atomic E-state index is -0.683. The number of hydrogen-bond acceptors (Lipinski definition) is 2. The van der Waals surface area contributed by atoms with Crippen LogP contribution in [0.1, 0.15) is 22.7 Å². The van der Waals surface area contributed by atoms with Crippen LogP contribution in [0.15, 0.2) is 42.5 Å². The molecular formula is C18H18F2N2O2.